The highest BCUT2D eigenvalue weighted by molar-refractivity contribution is 6.35. The first-order valence-electron chi connectivity index (χ1n) is 8.13. The van der Waals surface area contributed by atoms with Crippen LogP contribution in [0, 0.1) is 0 Å². The van der Waals surface area contributed by atoms with Crippen LogP contribution in [0.3, 0.4) is 0 Å². The monoisotopic (exact) mass is 393 g/mol. The van der Waals surface area contributed by atoms with E-state index in [9.17, 15) is 4.79 Å². The van der Waals surface area contributed by atoms with E-state index >= 15 is 0 Å². The van der Waals surface area contributed by atoms with Gasteiger partial charge in [0.05, 0.1) is 17.8 Å². The second-order valence-corrected chi connectivity index (χ2v) is 6.65. The third kappa shape index (κ3) is 6.58. The van der Waals surface area contributed by atoms with Crippen molar-refractivity contribution in [2.24, 2.45) is 5.10 Å². The highest BCUT2D eigenvalue weighted by Gasteiger charge is 2.04. The first-order valence-corrected chi connectivity index (χ1v) is 8.88. The Balaban J connectivity index is 1.68. The van der Waals surface area contributed by atoms with Crippen LogP contribution in [-0.2, 0) is 4.79 Å². The minimum absolute atomic E-state index is 0.169. The molecule has 1 N–H and O–H groups in total. The van der Waals surface area contributed by atoms with Crippen LogP contribution in [0.15, 0.2) is 47.6 Å². The highest BCUT2D eigenvalue weighted by atomic mass is 35.5. The van der Waals surface area contributed by atoms with Crippen molar-refractivity contribution in [2.45, 2.75) is 12.8 Å². The number of hydrogen-bond donors (Lipinski definition) is 1. The van der Waals surface area contributed by atoms with Gasteiger partial charge >= 0.3 is 0 Å². The summed E-state index contributed by atoms with van der Waals surface area (Å²) in [4.78, 5) is 13.8. The normalized spacial score (nSPS) is 10.8. The van der Waals surface area contributed by atoms with Crippen LogP contribution >= 0.6 is 23.2 Å². The minimum atomic E-state index is -0.169. The Kier molecular flexibility index (Phi) is 7.75. The van der Waals surface area contributed by atoms with Gasteiger partial charge in [0.1, 0.15) is 5.75 Å². The molecule has 2 rings (SSSR count). The molecule has 2 aromatic carbocycles. The van der Waals surface area contributed by atoms with Gasteiger partial charge in [0, 0.05) is 31.2 Å². The number of benzene rings is 2. The molecule has 0 aliphatic heterocycles. The van der Waals surface area contributed by atoms with Gasteiger partial charge in [-0.1, -0.05) is 35.3 Å². The summed E-state index contributed by atoms with van der Waals surface area (Å²) in [7, 11) is 3.96. The lowest BCUT2D eigenvalue weighted by atomic mass is 10.2. The second kappa shape index (κ2) is 10.0. The largest absolute Gasteiger partial charge is 0.492 e. The fourth-order valence-electron chi connectivity index (χ4n) is 2.10. The minimum Gasteiger partial charge on any atom is -0.492 e. The van der Waals surface area contributed by atoms with Crippen LogP contribution in [0.5, 0.6) is 5.75 Å². The first-order chi connectivity index (χ1) is 12.5. The molecule has 138 valence electrons. The topological polar surface area (TPSA) is 53.9 Å². The van der Waals surface area contributed by atoms with Crippen molar-refractivity contribution in [3.63, 3.8) is 0 Å². The molecule has 1 amide bonds. The van der Waals surface area contributed by atoms with Crippen LogP contribution in [0.1, 0.15) is 18.4 Å². The average Bonchev–Trinajstić information content (AvgIpc) is 2.60. The highest BCUT2D eigenvalue weighted by Crippen LogP contribution is 2.27. The van der Waals surface area contributed by atoms with E-state index in [1.54, 1.807) is 24.4 Å². The Bertz CT molecular complexity index is 762. The molecule has 0 fully saturated rings. The fourth-order valence-corrected chi connectivity index (χ4v) is 2.56. The Labute approximate surface area is 163 Å². The number of hydrazone groups is 1. The predicted octanol–water partition coefficient (Wildman–Crippen LogP) is 4.37. The van der Waals surface area contributed by atoms with Crippen LogP contribution < -0.4 is 15.1 Å². The van der Waals surface area contributed by atoms with E-state index in [4.69, 9.17) is 27.9 Å². The lowest BCUT2D eigenvalue weighted by molar-refractivity contribution is -0.121. The van der Waals surface area contributed by atoms with E-state index in [0.29, 0.717) is 35.2 Å². The average molecular weight is 394 g/mol. The molecule has 0 aromatic heterocycles. The van der Waals surface area contributed by atoms with E-state index in [1.807, 2.05) is 43.3 Å². The first kappa shape index (κ1) is 20.1. The number of anilines is 1. The van der Waals surface area contributed by atoms with Gasteiger partial charge in [-0.15, -0.1) is 0 Å². The number of ether oxygens (including phenoxy) is 1. The number of carbonyl (C=O) groups excluding carboxylic acids is 1. The van der Waals surface area contributed by atoms with Gasteiger partial charge in [-0.3, -0.25) is 4.79 Å². The summed E-state index contributed by atoms with van der Waals surface area (Å²) in [6.45, 7) is 0.379. The molecular formula is C19H21Cl2N3O2. The van der Waals surface area contributed by atoms with Crippen LogP contribution in [0.2, 0.25) is 10.0 Å². The summed E-state index contributed by atoms with van der Waals surface area (Å²) in [5.74, 6) is 0.382. The summed E-state index contributed by atoms with van der Waals surface area (Å²) < 4.78 is 5.53. The van der Waals surface area contributed by atoms with Crippen molar-refractivity contribution in [3.05, 3.63) is 58.1 Å². The second-order valence-electron chi connectivity index (χ2n) is 5.81. The quantitative estimate of drug-likeness (QED) is 0.411. The zero-order chi connectivity index (χ0) is 18.9. The van der Waals surface area contributed by atoms with Gasteiger partial charge in [-0.25, -0.2) is 5.43 Å². The third-order valence-corrected chi connectivity index (χ3v) is 4.04. The van der Waals surface area contributed by atoms with E-state index in [2.05, 4.69) is 10.5 Å². The summed E-state index contributed by atoms with van der Waals surface area (Å²) >= 11 is 11.8. The lowest BCUT2D eigenvalue weighted by Gasteiger charge is -2.11. The molecule has 0 radical (unpaired) electrons. The molecule has 0 bridgehead atoms. The lowest BCUT2D eigenvalue weighted by Crippen LogP contribution is -2.18. The summed E-state index contributed by atoms with van der Waals surface area (Å²) in [6, 6.07) is 12.9. The molecule has 2 aromatic rings. The van der Waals surface area contributed by atoms with Crippen LogP contribution in [0.25, 0.3) is 0 Å². The molecule has 0 atom stereocenters. The molecule has 0 saturated heterocycles. The van der Waals surface area contributed by atoms with Crippen molar-refractivity contribution < 1.29 is 9.53 Å². The summed E-state index contributed by atoms with van der Waals surface area (Å²) in [5.41, 5.74) is 4.52. The van der Waals surface area contributed by atoms with Gasteiger partial charge in [0.2, 0.25) is 5.91 Å². The Morgan fingerprint density at radius 1 is 1.19 bits per heavy atom. The van der Waals surface area contributed by atoms with Gasteiger partial charge in [0.15, 0.2) is 0 Å². The van der Waals surface area contributed by atoms with Crippen LogP contribution in [-0.4, -0.2) is 32.8 Å². The molecule has 0 heterocycles. The SMILES string of the molecule is CN(C)c1ccc(/C=N/NC(=O)CCCOc2ccc(Cl)cc2Cl)cc1. The molecule has 0 unspecified atom stereocenters. The van der Waals surface area contributed by atoms with E-state index < -0.39 is 0 Å². The fraction of sp³-hybridized carbons (Fsp3) is 0.263. The van der Waals surface area contributed by atoms with Crippen molar-refractivity contribution in [1.82, 2.24) is 5.43 Å². The van der Waals surface area contributed by atoms with E-state index in [1.165, 1.54) is 0 Å². The van der Waals surface area contributed by atoms with Crippen molar-refractivity contribution >= 4 is 41.0 Å². The number of hydrogen-bond acceptors (Lipinski definition) is 4. The van der Waals surface area contributed by atoms with Gasteiger partial charge in [-0.2, -0.15) is 5.10 Å². The molecule has 0 aliphatic rings. The Morgan fingerprint density at radius 2 is 1.92 bits per heavy atom. The maximum Gasteiger partial charge on any atom is 0.240 e. The Hall–Kier alpha value is -2.24. The van der Waals surface area contributed by atoms with Crippen molar-refractivity contribution in [3.8, 4) is 5.75 Å². The van der Waals surface area contributed by atoms with Gasteiger partial charge in [0.25, 0.3) is 0 Å². The van der Waals surface area contributed by atoms with Gasteiger partial charge < -0.3 is 9.64 Å². The van der Waals surface area contributed by atoms with Crippen molar-refractivity contribution in [1.29, 1.82) is 0 Å². The summed E-state index contributed by atoms with van der Waals surface area (Å²) in [5, 5.41) is 4.96. The number of rotatable bonds is 8. The number of halogens is 2. The number of amides is 1. The van der Waals surface area contributed by atoms with Gasteiger partial charge in [-0.05, 0) is 42.3 Å². The molecule has 0 aliphatic carbocycles. The maximum absolute atomic E-state index is 11.8. The van der Waals surface area contributed by atoms with Crippen LogP contribution in [0.4, 0.5) is 5.69 Å². The molecule has 26 heavy (non-hydrogen) atoms. The number of nitrogens with zero attached hydrogens (tertiary/aromatic N) is 2. The molecule has 5 nitrogen and oxygen atoms in total. The summed E-state index contributed by atoms with van der Waals surface area (Å²) in [6.07, 6.45) is 2.47. The maximum atomic E-state index is 11.8. The molecule has 7 heteroatoms. The zero-order valence-electron chi connectivity index (χ0n) is 14.7. The number of carbonyl (C=O) groups is 1. The standard InChI is InChI=1S/C19H21Cl2N3O2/c1-24(2)16-8-5-14(6-9-16)13-22-23-19(25)4-3-11-26-18-10-7-15(20)12-17(18)21/h5-10,12-13H,3-4,11H2,1-2H3,(H,23,25)/b22-13+. The predicted molar refractivity (Wildman–Crippen MR) is 108 cm³/mol. The molecule has 0 spiro atoms. The van der Waals surface area contributed by atoms with Crippen molar-refractivity contribution in [2.75, 3.05) is 25.6 Å². The Morgan fingerprint density at radius 3 is 2.58 bits per heavy atom. The zero-order valence-corrected chi connectivity index (χ0v) is 16.2. The number of nitrogens with one attached hydrogen (secondary N) is 1. The van der Waals surface area contributed by atoms with E-state index in [0.717, 1.165) is 11.3 Å². The van der Waals surface area contributed by atoms with E-state index in [-0.39, 0.29) is 5.91 Å². The smallest absolute Gasteiger partial charge is 0.240 e. The molecule has 0 saturated carbocycles. The third-order valence-electron chi connectivity index (χ3n) is 3.51. The molecular weight excluding hydrogens is 373 g/mol.